The molecule has 0 aromatic heterocycles. The highest BCUT2D eigenvalue weighted by Gasteiger charge is 1.88. The Morgan fingerprint density at radius 1 is 1.00 bits per heavy atom. The largest absolute Gasteiger partial charge is 0.425 e. The average Bonchev–Trinajstić information content (AvgIpc) is 2.17. The topological polar surface area (TPSA) is 75.3 Å². The number of anilines is 2. The van der Waals surface area contributed by atoms with Gasteiger partial charge in [0, 0.05) is 25.5 Å². The van der Waals surface area contributed by atoms with Crippen LogP contribution >= 0.6 is 0 Å². The third-order valence-corrected chi connectivity index (χ3v) is 1.44. The lowest BCUT2D eigenvalue weighted by Crippen LogP contribution is -1.90. The maximum atomic E-state index is 8.44. The van der Waals surface area contributed by atoms with Gasteiger partial charge in [0.2, 0.25) is 0 Å². The fourth-order valence-electron chi connectivity index (χ4n) is 0.830. The lowest BCUT2D eigenvalue weighted by molar-refractivity contribution is 0.559. The molecule has 0 aliphatic carbocycles. The zero-order valence-corrected chi connectivity index (χ0v) is 8.76. The molecule has 0 amide bonds. The van der Waals surface area contributed by atoms with Gasteiger partial charge >= 0.3 is 10.6 Å². The van der Waals surface area contributed by atoms with Crippen molar-refractivity contribution in [3.63, 3.8) is 0 Å². The van der Waals surface area contributed by atoms with Gasteiger partial charge in [0.05, 0.1) is 0 Å². The van der Waals surface area contributed by atoms with Gasteiger partial charge in [0.15, 0.2) is 0 Å². The standard InChI is InChI=1S/C8H12N2.O3S/c1-9-7-4-3-5-8(6-7)10-2;1-4(2)3/h3-6,9-10H,1-2H3;. The first-order chi connectivity index (χ1) is 6.60. The molecule has 5 nitrogen and oxygen atoms in total. The molecule has 0 saturated carbocycles. The van der Waals surface area contributed by atoms with Crippen molar-refractivity contribution in [3.8, 4) is 0 Å². The Bertz CT molecular complexity index is 348. The van der Waals surface area contributed by atoms with Crippen molar-refractivity contribution in [2.24, 2.45) is 0 Å². The summed E-state index contributed by atoms with van der Waals surface area (Å²) in [5.74, 6) is 0. The number of rotatable bonds is 2. The van der Waals surface area contributed by atoms with Crippen molar-refractivity contribution in [3.05, 3.63) is 24.3 Å². The molecule has 1 aromatic carbocycles. The minimum absolute atomic E-state index is 1.13. The molecule has 1 rings (SSSR count). The van der Waals surface area contributed by atoms with Crippen LogP contribution in [0.25, 0.3) is 0 Å². The fourth-order valence-corrected chi connectivity index (χ4v) is 0.830. The van der Waals surface area contributed by atoms with E-state index in [4.69, 9.17) is 12.6 Å². The molecule has 14 heavy (non-hydrogen) atoms. The van der Waals surface area contributed by atoms with Gasteiger partial charge < -0.3 is 10.6 Å². The van der Waals surface area contributed by atoms with Gasteiger partial charge in [-0.25, -0.2) is 0 Å². The second-order valence-electron chi connectivity index (χ2n) is 2.28. The van der Waals surface area contributed by atoms with Gasteiger partial charge in [-0.05, 0) is 18.2 Å². The molecule has 78 valence electrons. The molecule has 2 N–H and O–H groups in total. The SMILES string of the molecule is CNc1cccc(NC)c1.O=S(=O)=O. The van der Waals surface area contributed by atoms with E-state index < -0.39 is 10.6 Å². The Morgan fingerprint density at radius 3 is 1.64 bits per heavy atom. The molecule has 6 heteroatoms. The summed E-state index contributed by atoms with van der Waals surface area (Å²) in [7, 11) is 0.712. The smallest absolute Gasteiger partial charge is 0.388 e. The van der Waals surface area contributed by atoms with Gasteiger partial charge in [0.25, 0.3) is 0 Å². The summed E-state index contributed by atoms with van der Waals surface area (Å²) in [4.78, 5) is 0. The van der Waals surface area contributed by atoms with E-state index in [0.717, 1.165) is 11.4 Å². The van der Waals surface area contributed by atoms with Crippen molar-refractivity contribution in [2.45, 2.75) is 0 Å². The highest BCUT2D eigenvalue weighted by Crippen LogP contribution is 2.12. The summed E-state index contributed by atoms with van der Waals surface area (Å²) in [5.41, 5.74) is 2.26. The van der Waals surface area contributed by atoms with Crippen LogP contribution in [0.3, 0.4) is 0 Å². The molecule has 0 aliphatic heterocycles. The van der Waals surface area contributed by atoms with E-state index in [0.29, 0.717) is 0 Å². The Morgan fingerprint density at radius 2 is 1.36 bits per heavy atom. The van der Waals surface area contributed by atoms with E-state index in [9.17, 15) is 0 Å². The van der Waals surface area contributed by atoms with Gasteiger partial charge in [-0.2, -0.15) is 0 Å². The Balaban J connectivity index is 0.000000364. The van der Waals surface area contributed by atoms with Crippen molar-refractivity contribution in [2.75, 3.05) is 24.7 Å². The molecule has 0 aliphatic rings. The lowest BCUT2D eigenvalue weighted by Gasteiger charge is -2.02. The molecule has 1 aromatic rings. The second-order valence-corrected chi connectivity index (χ2v) is 2.69. The number of hydrogen-bond donors (Lipinski definition) is 2. The van der Waals surface area contributed by atoms with Gasteiger partial charge in [-0.15, -0.1) is 12.6 Å². The summed E-state index contributed by atoms with van der Waals surface area (Å²) in [6.07, 6.45) is 0. The second kappa shape index (κ2) is 6.90. The first kappa shape index (κ1) is 12.4. The summed E-state index contributed by atoms with van der Waals surface area (Å²) in [6, 6.07) is 8.12. The predicted octanol–water partition coefficient (Wildman–Crippen LogP) is 0.766. The van der Waals surface area contributed by atoms with Gasteiger partial charge in [-0.3, -0.25) is 0 Å². The number of nitrogens with one attached hydrogen (secondary N) is 2. The van der Waals surface area contributed by atoms with Crippen LogP contribution in [0.2, 0.25) is 0 Å². The maximum absolute atomic E-state index is 8.44. The molecule has 0 fully saturated rings. The Kier molecular flexibility index (Phi) is 6.13. The van der Waals surface area contributed by atoms with E-state index in [1.807, 2.05) is 32.3 Å². The van der Waals surface area contributed by atoms with Crippen molar-refractivity contribution in [1.29, 1.82) is 0 Å². The molecular formula is C8H12N2O3S. The van der Waals surface area contributed by atoms with Crippen LogP contribution in [0.1, 0.15) is 0 Å². The molecule has 0 heterocycles. The number of benzene rings is 1. The fraction of sp³-hybridized carbons (Fsp3) is 0.250. The third kappa shape index (κ3) is 6.01. The van der Waals surface area contributed by atoms with Crippen LogP contribution in [0, 0.1) is 0 Å². The van der Waals surface area contributed by atoms with E-state index in [1.165, 1.54) is 0 Å². The van der Waals surface area contributed by atoms with Gasteiger partial charge in [0.1, 0.15) is 0 Å². The summed E-state index contributed by atoms with van der Waals surface area (Å²) in [6.45, 7) is 0. The van der Waals surface area contributed by atoms with Gasteiger partial charge in [-0.1, -0.05) is 6.07 Å². The highest BCUT2D eigenvalue weighted by molar-refractivity contribution is 7.59. The first-order valence-electron chi connectivity index (χ1n) is 3.82. The van der Waals surface area contributed by atoms with Crippen LogP contribution in [0.4, 0.5) is 11.4 Å². The van der Waals surface area contributed by atoms with E-state index >= 15 is 0 Å². The average molecular weight is 216 g/mol. The molecule has 0 spiro atoms. The van der Waals surface area contributed by atoms with Crippen molar-refractivity contribution < 1.29 is 12.6 Å². The lowest BCUT2D eigenvalue weighted by atomic mass is 10.3. The molecule has 0 saturated heterocycles. The summed E-state index contributed by atoms with van der Waals surface area (Å²) < 4.78 is 25.3. The molecular weight excluding hydrogens is 204 g/mol. The maximum Gasteiger partial charge on any atom is 0.425 e. The molecule has 0 radical (unpaired) electrons. The quantitative estimate of drug-likeness (QED) is 0.763. The third-order valence-electron chi connectivity index (χ3n) is 1.44. The predicted molar refractivity (Wildman–Crippen MR) is 55.2 cm³/mol. The normalized spacial score (nSPS) is 8.14. The minimum atomic E-state index is -3.11. The highest BCUT2D eigenvalue weighted by atomic mass is 32.2. The zero-order chi connectivity index (χ0) is 11.0. The Labute approximate surface area is 84.2 Å². The number of hydrogen-bond acceptors (Lipinski definition) is 5. The van der Waals surface area contributed by atoms with E-state index in [1.54, 1.807) is 0 Å². The van der Waals surface area contributed by atoms with E-state index in [2.05, 4.69) is 16.7 Å². The molecule has 0 unspecified atom stereocenters. The summed E-state index contributed by atoms with van der Waals surface area (Å²) in [5, 5.41) is 6.12. The monoisotopic (exact) mass is 216 g/mol. The van der Waals surface area contributed by atoms with Crippen molar-refractivity contribution in [1.82, 2.24) is 0 Å². The van der Waals surface area contributed by atoms with Crippen LogP contribution < -0.4 is 10.6 Å². The Hall–Kier alpha value is -1.56. The van der Waals surface area contributed by atoms with Crippen LogP contribution in [-0.2, 0) is 10.6 Å². The van der Waals surface area contributed by atoms with Crippen LogP contribution in [-0.4, -0.2) is 26.7 Å². The molecule has 0 atom stereocenters. The van der Waals surface area contributed by atoms with E-state index in [-0.39, 0.29) is 0 Å². The summed E-state index contributed by atoms with van der Waals surface area (Å²) >= 11 is 0. The van der Waals surface area contributed by atoms with Crippen molar-refractivity contribution >= 4 is 22.0 Å². The van der Waals surface area contributed by atoms with Crippen LogP contribution in [0.15, 0.2) is 24.3 Å². The zero-order valence-electron chi connectivity index (χ0n) is 7.94. The molecule has 0 bridgehead atoms. The van der Waals surface area contributed by atoms with Crippen LogP contribution in [0.5, 0.6) is 0 Å². The first-order valence-corrected chi connectivity index (χ1v) is 4.82. The minimum Gasteiger partial charge on any atom is -0.388 e.